The molecule has 0 aliphatic rings. The number of fused-ring (bicyclic) bond motifs is 12. The van der Waals surface area contributed by atoms with E-state index in [0.717, 1.165) is 87.9 Å². The second-order valence-corrected chi connectivity index (χ2v) is 13.8. The second-order valence-electron chi connectivity index (χ2n) is 13.8. The molecule has 5 nitrogen and oxygen atoms in total. The Morgan fingerprint density at radius 3 is 1.89 bits per heavy atom. The molecule has 4 heterocycles. The summed E-state index contributed by atoms with van der Waals surface area (Å²) >= 11 is 0. The molecule has 0 N–H and O–H groups in total. The third-order valence-corrected chi connectivity index (χ3v) is 10.9. The van der Waals surface area contributed by atoms with Gasteiger partial charge in [0.25, 0.3) is 0 Å². The SMILES string of the molecule is c1ccc(-n2c3ccccc3c3cc4c5ccccc5n(-c5nc(-c6cccc7oc8c9ccccc9ccc8c67)c6ccccc6n5)c4cc32)cc1. The first kappa shape index (κ1) is 28.5. The zero-order chi connectivity index (χ0) is 34.6. The fraction of sp³-hybridized carbons (Fsp3) is 0. The van der Waals surface area contributed by atoms with E-state index >= 15 is 0 Å². The second kappa shape index (κ2) is 10.6. The van der Waals surface area contributed by atoms with Crippen LogP contribution in [-0.4, -0.2) is 19.1 Å². The number of hydrogen-bond acceptors (Lipinski definition) is 3. The van der Waals surface area contributed by atoms with Gasteiger partial charge < -0.3 is 8.98 Å². The summed E-state index contributed by atoms with van der Waals surface area (Å²) < 4.78 is 11.2. The summed E-state index contributed by atoms with van der Waals surface area (Å²) in [5.74, 6) is 0.627. The number of rotatable bonds is 3. The van der Waals surface area contributed by atoms with E-state index in [-0.39, 0.29) is 0 Å². The average molecular weight is 677 g/mol. The predicted molar refractivity (Wildman–Crippen MR) is 218 cm³/mol. The van der Waals surface area contributed by atoms with Gasteiger partial charge >= 0.3 is 0 Å². The van der Waals surface area contributed by atoms with Crippen LogP contribution in [0.3, 0.4) is 0 Å². The summed E-state index contributed by atoms with van der Waals surface area (Å²) in [5, 5.41) is 10.1. The molecule has 0 fully saturated rings. The number of nitrogens with zero attached hydrogens (tertiary/aromatic N) is 4. The molecule has 0 aliphatic heterocycles. The van der Waals surface area contributed by atoms with Crippen molar-refractivity contribution in [1.82, 2.24) is 19.1 Å². The molecule has 0 aliphatic carbocycles. The topological polar surface area (TPSA) is 48.8 Å². The van der Waals surface area contributed by atoms with Crippen LogP contribution in [0.5, 0.6) is 0 Å². The van der Waals surface area contributed by atoms with Crippen LogP contribution in [0.25, 0.3) is 110 Å². The maximum Gasteiger partial charge on any atom is 0.235 e. The molecule has 12 rings (SSSR count). The lowest BCUT2D eigenvalue weighted by Gasteiger charge is -2.13. The van der Waals surface area contributed by atoms with E-state index in [1.54, 1.807) is 0 Å². The van der Waals surface area contributed by atoms with Gasteiger partial charge in [-0.25, -0.2) is 9.97 Å². The van der Waals surface area contributed by atoms with Crippen molar-refractivity contribution in [1.29, 1.82) is 0 Å². The number of furan rings is 1. The van der Waals surface area contributed by atoms with Crippen LogP contribution >= 0.6 is 0 Å². The Kier molecular flexibility index (Phi) is 5.71. The number of hydrogen-bond donors (Lipinski definition) is 0. The van der Waals surface area contributed by atoms with E-state index in [2.05, 4.69) is 179 Å². The van der Waals surface area contributed by atoms with Gasteiger partial charge in [0.1, 0.15) is 11.2 Å². The quantitative estimate of drug-likeness (QED) is 0.187. The fourth-order valence-electron chi connectivity index (χ4n) is 8.62. The molecular weight excluding hydrogens is 649 g/mol. The van der Waals surface area contributed by atoms with Gasteiger partial charge in [0.05, 0.1) is 33.3 Å². The molecule has 0 atom stereocenters. The Bertz CT molecular complexity index is 3460. The number of benzene rings is 8. The first-order chi connectivity index (χ1) is 26.3. The smallest absolute Gasteiger partial charge is 0.235 e. The Morgan fingerprint density at radius 1 is 0.415 bits per heavy atom. The maximum absolute atomic E-state index is 6.62. The molecule has 4 aromatic heterocycles. The number of para-hydroxylation sites is 4. The lowest BCUT2D eigenvalue weighted by Crippen LogP contribution is -2.03. The van der Waals surface area contributed by atoms with Gasteiger partial charge in [-0.1, -0.05) is 115 Å². The molecular formula is C48H28N4O. The van der Waals surface area contributed by atoms with Gasteiger partial charge in [0.2, 0.25) is 5.95 Å². The zero-order valence-electron chi connectivity index (χ0n) is 28.4. The first-order valence-electron chi connectivity index (χ1n) is 17.9. The molecule has 246 valence electrons. The van der Waals surface area contributed by atoms with Crippen molar-refractivity contribution < 1.29 is 4.42 Å². The van der Waals surface area contributed by atoms with Crippen LogP contribution in [0.1, 0.15) is 0 Å². The van der Waals surface area contributed by atoms with Gasteiger partial charge in [0, 0.05) is 54.3 Å². The molecule has 5 heteroatoms. The van der Waals surface area contributed by atoms with Crippen LogP contribution < -0.4 is 0 Å². The molecule has 0 bridgehead atoms. The molecule has 0 saturated heterocycles. The van der Waals surface area contributed by atoms with Crippen molar-refractivity contribution in [3.8, 4) is 22.9 Å². The van der Waals surface area contributed by atoms with Crippen LogP contribution in [0, 0.1) is 0 Å². The highest BCUT2D eigenvalue weighted by Crippen LogP contribution is 2.43. The summed E-state index contributed by atoms with van der Waals surface area (Å²) in [5.41, 5.74) is 10.1. The van der Waals surface area contributed by atoms with Gasteiger partial charge in [-0.15, -0.1) is 0 Å². The Morgan fingerprint density at radius 2 is 1.08 bits per heavy atom. The highest BCUT2D eigenvalue weighted by molar-refractivity contribution is 6.21. The lowest BCUT2D eigenvalue weighted by atomic mass is 9.99. The molecule has 0 unspecified atom stereocenters. The molecule has 0 spiro atoms. The van der Waals surface area contributed by atoms with E-state index < -0.39 is 0 Å². The molecule has 0 radical (unpaired) electrons. The van der Waals surface area contributed by atoms with Gasteiger partial charge in [-0.2, -0.15) is 0 Å². The average Bonchev–Trinajstić information content (AvgIpc) is 3.87. The van der Waals surface area contributed by atoms with Gasteiger partial charge in [0.15, 0.2) is 0 Å². The van der Waals surface area contributed by atoms with Crippen molar-refractivity contribution in [3.63, 3.8) is 0 Å². The lowest BCUT2D eigenvalue weighted by molar-refractivity contribution is 0.673. The molecule has 0 saturated carbocycles. The Labute approximate surface area is 302 Å². The summed E-state index contributed by atoms with van der Waals surface area (Å²) in [4.78, 5) is 10.8. The zero-order valence-corrected chi connectivity index (χ0v) is 28.4. The summed E-state index contributed by atoms with van der Waals surface area (Å²) in [6.45, 7) is 0. The third kappa shape index (κ3) is 3.96. The van der Waals surface area contributed by atoms with Crippen LogP contribution in [0.4, 0.5) is 0 Å². The monoisotopic (exact) mass is 676 g/mol. The Hall–Kier alpha value is -7.24. The minimum Gasteiger partial charge on any atom is -0.455 e. The van der Waals surface area contributed by atoms with E-state index in [4.69, 9.17) is 14.4 Å². The van der Waals surface area contributed by atoms with Gasteiger partial charge in [-0.05, 0) is 60.0 Å². The summed E-state index contributed by atoms with van der Waals surface area (Å²) in [7, 11) is 0. The molecule has 12 aromatic rings. The van der Waals surface area contributed by atoms with Crippen LogP contribution in [0.2, 0.25) is 0 Å². The highest BCUT2D eigenvalue weighted by atomic mass is 16.3. The van der Waals surface area contributed by atoms with Crippen molar-refractivity contribution >= 4 is 87.2 Å². The minimum atomic E-state index is 0.627. The van der Waals surface area contributed by atoms with Crippen LogP contribution in [0.15, 0.2) is 174 Å². The van der Waals surface area contributed by atoms with E-state index in [1.165, 1.54) is 16.3 Å². The normalized spacial score (nSPS) is 12.2. The van der Waals surface area contributed by atoms with Crippen LogP contribution in [-0.2, 0) is 0 Å². The van der Waals surface area contributed by atoms with Crippen molar-refractivity contribution in [2.24, 2.45) is 0 Å². The third-order valence-electron chi connectivity index (χ3n) is 10.9. The fourth-order valence-corrected chi connectivity index (χ4v) is 8.62. The van der Waals surface area contributed by atoms with Crippen molar-refractivity contribution in [2.75, 3.05) is 0 Å². The van der Waals surface area contributed by atoms with E-state index in [0.29, 0.717) is 5.95 Å². The highest BCUT2D eigenvalue weighted by Gasteiger charge is 2.22. The van der Waals surface area contributed by atoms with E-state index in [1.807, 2.05) is 0 Å². The van der Waals surface area contributed by atoms with E-state index in [9.17, 15) is 0 Å². The largest absolute Gasteiger partial charge is 0.455 e. The van der Waals surface area contributed by atoms with Crippen molar-refractivity contribution in [2.45, 2.75) is 0 Å². The molecule has 53 heavy (non-hydrogen) atoms. The standard InChI is InChI=1S/C48H28N4O/c1-2-14-30(15-3-1)51-40-22-10-7-17-32(40)37-27-38-33-18-8-11-23-41(33)52(43(38)28-42(37)51)48-49-39-21-9-6-19-34(39)46(50-48)35-20-12-24-44-45(35)36-26-25-29-13-4-5-16-31(29)47(36)53-44/h1-28H. The maximum atomic E-state index is 6.62. The first-order valence-corrected chi connectivity index (χ1v) is 17.9. The van der Waals surface area contributed by atoms with Gasteiger partial charge in [-0.3, -0.25) is 4.57 Å². The van der Waals surface area contributed by atoms with Crippen molar-refractivity contribution in [3.05, 3.63) is 170 Å². The Balaban J connectivity index is 1.19. The molecule has 0 amide bonds. The predicted octanol–water partition coefficient (Wildman–Crippen LogP) is 12.5. The minimum absolute atomic E-state index is 0.627. The number of aromatic nitrogens is 4. The summed E-state index contributed by atoms with van der Waals surface area (Å²) in [6.07, 6.45) is 0. The summed E-state index contributed by atoms with van der Waals surface area (Å²) in [6, 6.07) is 60.0. The molecule has 8 aromatic carbocycles.